The predicted octanol–water partition coefficient (Wildman–Crippen LogP) is 3.26. The van der Waals surface area contributed by atoms with Crippen LogP contribution in [-0.4, -0.2) is 49.0 Å². The fraction of sp³-hybridized carbons (Fsp3) is 0.429. The molecule has 1 unspecified atom stereocenters. The molecule has 3 fully saturated rings. The fourth-order valence-electron chi connectivity index (χ4n) is 4.71. The fourth-order valence-corrected chi connectivity index (χ4v) is 6.82. The predicted molar refractivity (Wildman–Crippen MR) is 115 cm³/mol. The highest BCUT2D eigenvalue weighted by molar-refractivity contribution is 7.91. The van der Waals surface area contributed by atoms with Gasteiger partial charge in [-0.15, -0.1) is 11.3 Å². The van der Waals surface area contributed by atoms with Gasteiger partial charge in [-0.2, -0.15) is 0 Å². The van der Waals surface area contributed by atoms with Crippen LogP contribution in [0.2, 0.25) is 0 Å². The lowest BCUT2D eigenvalue weighted by molar-refractivity contribution is 0.0317. The standard InChI is InChI=1S/C21H24N4O3S2/c1-14-23-18(11-19(24-14)20-4-2-8-28-20)17-13-25-7-6-15(17)10-16(25)12-22-30(26,27)21-5-3-9-29-21/h2-5,8-9,11,15-17,22H,6-7,10,12-13H2,1H3/t15-,16+,17-/m0/s1. The molecular weight excluding hydrogens is 420 g/mol. The lowest BCUT2D eigenvalue weighted by atomic mass is 9.74. The van der Waals surface area contributed by atoms with E-state index < -0.39 is 10.0 Å². The van der Waals surface area contributed by atoms with Gasteiger partial charge in [-0.1, -0.05) is 6.07 Å². The molecule has 3 aliphatic heterocycles. The first-order valence-electron chi connectivity index (χ1n) is 10.2. The van der Waals surface area contributed by atoms with Crippen LogP contribution in [0.4, 0.5) is 0 Å². The van der Waals surface area contributed by atoms with E-state index in [4.69, 9.17) is 9.40 Å². The number of hydrogen-bond donors (Lipinski definition) is 1. The first kappa shape index (κ1) is 19.9. The van der Waals surface area contributed by atoms with Gasteiger partial charge in [-0.3, -0.25) is 4.90 Å². The van der Waals surface area contributed by atoms with Crippen molar-refractivity contribution in [1.29, 1.82) is 0 Å². The van der Waals surface area contributed by atoms with Gasteiger partial charge in [0.25, 0.3) is 0 Å². The summed E-state index contributed by atoms with van der Waals surface area (Å²) in [5.74, 6) is 2.32. The second kappa shape index (κ2) is 7.88. The van der Waals surface area contributed by atoms with E-state index >= 15 is 0 Å². The van der Waals surface area contributed by atoms with Crippen molar-refractivity contribution in [2.45, 2.75) is 35.9 Å². The molecule has 3 aromatic rings. The van der Waals surface area contributed by atoms with Crippen molar-refractivity contribution in [1.82, 2.24) is 19.6 Å². The van der Waals surface area contributed by atoms with Crippen LogP contribution in [0.1, 0.15) is 30.3 Å². The van der Waals surface area contributed by atoms with Crippen molar-refractivity contribution in [3.63, 3.8) is 0 Å². The molecule has 3 aliphatic rings. The SMILES string of the molecule is Cc1nc(-c2ccco2)cc([C@H]2CN3CC[C@H]2C[C@@H]3CNS(=O)(=O)c2cccs2)n1. The highest BCUT2D eigenvalue weighted by atomic mass is 32.2. The molecule has 0 spiro atoms. The second-order valence-corrected chi connectivity index (χ2v) is 11.0. The minimum atomic E-state index is -3.42. The van der Waals surface area contributed by atoms with Gasteiger partial charge in [0.2, 0.25) is 10.0 Å². The number of nitrogens with one attached hydrogen (secondary N) is 1. The quantitative estimate of drug-likeness (QED) is 0.628. The molecule has 9 heteroatoms. The number of aromatic nitrogens is 2. The van der Waals surface area contributed by atoms with Crippen LogP contribution in [0.3, 0.4) is 0 Å². The molecule has 0 amide bonds. The number of rotatable bonds is 6. The molecule has 2 bridgehead atoms. The Bertz CT molecular complexity index is 1110. The average molecular weight is 445 g/mol. The minimum Gasteiger partial charge on any atom is -0.463 e. The molecule has 3 aromatic heterocycles. The molecule has 0 aromatic carbocycles. The zero-order valence-electron chi connectivity index (χ0n) is 16.7. The van der Waals surface area contributed by atoms with Gasteiger partial charge in [-0.05, 0) is 61.9 Å². The average Bonchev–Trinajstić information content (AvgIpc) is 3.47. The molecule has 0 radical (unpaired) electrons. The zero-order valence-corrected chi connectivity index (χ0v) is 18.3. The van der Waals surface area contributed by atoms with Gasteiger partial charge in [0, 0.05) is 30.7 Å². The number of thiophene rings is 1. The van der Waals surface area contributed by atoms with Gasteiger partial charge in [0.05, 0.1) is 6.26 Å². The number of furan rings is 1. The molecule has 0 saturated carbocycles. The van der Waals surface area contributed by atoms with Gasteiger partial charge < -0.3 is 4.42 Å². The van der Waals surface area contributed by atoms with E-state index in [1.165, 1.54) is 11.3 Å². The second-order valence-electron chi connectivity index (χ2n) is 8.03. The monoisotopic (exact) mass is 444 g/mol. The molecular formula is C21H24N4O3S2. The maximum absolute atomic E-state index is 12.5. The van der Waals surface area contributed by atoms with Crippen molar-refractivity contribution in [3.8, 4) is 11.5 Å². The summed E-state index contributed by atoms with van der Waals surface area (Å²) in [5, 5.41) is 1.78. The van der Waals surface area contributed by atoms with Crippen molar-refractivity contribution < 1.29 is 12.8 Å². The van der Waals surface area contributed by atoms with Gasteiger partial charge in [-0.25, -0.2) is 23.1 Å². The lowest BCUT2D eigenvalue weighted by Gasteiger charge is -2.49. The number of fused-ring (bicyclic) bond motifs is 3. The Morgan fingerprint density at radius 1 is 1.30 bits per heavy atom. The summed E-state index contributed by atoms with van der Waals surface area (Å²) in [6.07, 6.45) is 3.73. The molecule has 7 nitrogen and oxygen atoms in total. The van der Waals surface area contributed by atoms with Crippen LogP contribution in [-0.2, 0) is 10.0 Å². The zero-order chi connectivity index (χ0) is 20.7. The Balaban J connectivity index is 1.30. The molecule has 6 heterocycles. The first-order chi connectivity index (χ1) is 14.5. The van der Waals surface area contributed by atoms with E-state index in [1.54, 1.807) is 23.8 Å². The summed E-state index contributed by atoms with van der Waals surface area (Å²) < 4.78 is 33.6. The van der Waals surface area contributed by atoms with E-state index in [-0.39, 0.29) is 6.04 Å². The Kier molecular flexibility index (Phi) is 5.22. The largest absolute Gasteiger partial charge is 0.463 e. The summed E-state index contributed by atoms with van der Waals surface area (Å²) in [6, 6.07) is 9.45. The van der Waals surface area contributed by atoms with Crippen LogP contribution < -0.4 is 4.72 Å². The van der Waals surface area contributed by atoms with Crippen molar-refractivity contribution in [3.05, 3.63) is 53.5 Å². The third kappa shape index (κ3) is 3.82. The summed E-state index contributed by atoms with van der Waals surface area (Å²) in [5.41, 5.74) is 1.88. The highest BCUT2D eigenvalue weighted by Crippen LogP contribution is 2.41. The Morgan fingerprint density at radius 3 is 2.90 bits per heavy atom. The Morgan fingerprint density at radius 2 is 2.20 bits per heavy atom. The van der Waals surface area contributed by atoms with Gasteiger partial charge in [0.15, 0.2) is 5.76 Å². The lowest BCUT2D eigenvalue weighted by Crippen LogP contribution is -2.56. The topological polar surface area (TPSA) is 88.3 Å². The summed E-state index contributed by atoms with van der Waals surface area (Å²) >= 11 is 1.25. The number of hydrogen-bond acceptors (Lipinski definition) is 7. The van der Waals surface area contributed by atoms with E-state index in [1.807, 2.05) is 25.1 Å². The maximum atomic E-state index is 12.5. The van der Waals surface area contributed by atoms with Crippen molar-refractivity contribution in [2.75, 3.05) is 19.6 Å². The Labute approximate surface area is 180 Å². The van der Waals surface area contributed by atoms with E-state index in [0.717, 1.165) is 48.9 Å². The van der Waals surface area contributed by atoms with Crippen molar-refractivity contribution >= 4 is 21.4 Å². The first-order valence-corrected chi connectivity index (χ1v) is 12.5. The van der Waals surface area contributed by atoms with E-state index in [9.17, 15) is 8.42 Å². The maximum Gasteiger partial charge on any atom is 0.250 e. The van der Waals surface area contributed by atoms with Crippen LogP contribution in [0, 0.1) is 12.8 Å². The Hall–Kier alpha value is -2.07. The number of aryl methyl sites for hydroxylation is 1. The number of piperidine rings is 3. The minimum absolute atomic E-state index is 0.224. The molecule has 3 saturated heterocycles. The molecule has 1 N–H and O–H groups in total. The molecule has 0 aliphatic carbocycles. The summed E-state index contributed by atoms with van der Waals surface area (Å²) in [6.45, 7) is 4.26. The molecule has 4 atom stereocenters. The number of sulfonamides is 1. The third-order valence-corrected chi connectivity index (χ3v) is 8.98. The molecule has 6 rings (SSSR count). The summed E-state index contributed by atoms with van der Waals surface area (Å²) in [4.78, 5) is 11.7. The number of nitrogens with zero attached hydrogens (tertiary/aromatic N) is 3. The van der Waals surface area contributed by atoms with Crippen molar-refractivity contribution in [2.24, 2.45) is 5.92 Å². The van der Waals surface area contributed by atoms with Crippen LogP contribution in [0.25, 0.3) is 11.5 Å². The van der Waals surface area contributed by atoms with Crippen LogP contribution >= 0.6 is 11.3 Å². The van der Waals surface area contributed by atoms with Gasteiger partial charge >= 0.3 is 0 Å². The van der Waals surface area contributed by atoms with Crippen LogP contribution in [0.15, 0.2) is 50.6 Å². The third-order valence-electron chi connectivity index (χ3n) is 6.16. The highest BCUT2D eigenvalue weighted by Gasteiger charge is 2.41. The smallest absolute Gasteiger partial charge is 0.250 e. The molecule has 158 valence electrons. The van der Waals surface area contributed by atoms with E-state index in [0.29, 0.717) is 22.6 Å². The normalized spacial score (nSPS) is 26.2. The molecule has 30 heavy (non-hydrogen) atoms. The van der Waals surface area contributed by atoms with E-state index in [2.05, 4.69) is 14.6 Å². The van der Waals surface area contributed by atoms with Crippen LogP contribution in [0.5, 0.6) is 0 Å². The van der Waals surface area contributed by atoms with Gasteiger partial charge in [0.1, 0.15) is 15.7 Å². The summed E-state index contributed by atoms with van der Waals surface area (Å²) in [7, 11) is -3.42.